The molecule has 0 radical (unpaired) electrons. The van der Waals surface area contributed by atoms with Gasteiger partial charge in [0.15, 0.2) is 0 Å². The van der Waals surface area contributed by atoms with Crippen LogP contribution in [0, 0.1) is 0 Å². The van der Waals surface area contributed by atoms with Crippen LogP contribution in [0.25, 0.3) is 0 Å². The van der Waals surface area contributed by atoms with Crippen molar-refractivity contribution < 1.29 is 14.3 Å². The number of benzene rings is 2. The number of halogens is 2. The van der Waals surface area contributed by atoms with Gasteiger partial charge in [0.25, 0.3) is 0 Å². The first-order valence-electron chi connectivity index (χ1n) is 9.25. The van der Waals surface area contributed by atoms with Gasteiger partial charge in [0, 0.05) is 44.9 Å². The number of piperazine rings is 1. The van der Waals surface area contributed by atoms with Crippen molar-refractivity contribution in [3.63, 3.8) is 0 Å². The van der Waals surface area contributed by atoms with E-state index in [9.17, 15) is 9.59 Å². The lowest BCUT2D eigenvalue weighted by molar-refractivity contribution is -0.136. The van der Waals surface area contributed by atoms with Crippen molar-refractivity contribution in [3.05, 3.63) is 58.1 Å². The average molecular weight is 453 g/mol. The minimum Gasteiger partial charge on any atom is -0.457 e. The van der Waals surface area contributed by atoms with E-state index in [1.165, 1.54) is 0 Å². The Morgan fingerprint density at radius 1 is 0.931 bits per heavy atom. The Morgan fingerprint density at radius 2 is 1.55 bits per heavy atom. The second kappa shape index (κ2) is 10.2. The molecule has 29 heavy (non-hydrogen) atoms. The molecule has 8 heteroatoms. The molecule has 0 spiro atoms. The Morgan fingerprint density at radius 3 is 2.17 bits per heavy atom. The molecule has 0 N–H and O–H groups in total. The molecule has 0 aromatic heterocycles. The van der Waals surface area contributed by atoms with Crippen molar-refractivity contribution in [1.29, 1.82) is 0 Å². The minimum atomic E-state index is 0.0676. The number of carbonyl (C=O) groups excluding carboxylic acids is 2. The lowest BCUT2D eigenvalue weighted by Gasteiger charge is -2.34. The van der Waals surface area contributed by atoms with Crippen LogP contribution in [-0.2, 0) is 15.3 Å². The third-order valence-corrected chi connectivity index (χ3v) is 6.35. The number of thioether (sulfide) groups is 1. The highest BCUT2D eigenvalue weighted by molar-refractivity contribution is 7.99. The quantitative estimate of drug-likeness (QED) is 0.636. The van der Waals surface area contributed by atoms with Crippen molar-refractivity contribution in [1.82, 2.24) is 9.80 Å². The average Bonchev–Trinajstić information content (AvgIpc) is 2.72. The summed E-state index contributed by atoms with van der Waals surface area (Å²) in [6.07, 6.45) is 0. The van der Waals surface area contributed by atoms with Crippen molar-refractivity contribution in [2.24, 2.45) is 0 Å². The van der Waals surface area contributed by atoms with Gasteiger partial charge in [-0.2, -0.15) is 0 Å². The molecule has 1 aliphatic heterocycles. The summed E-state index contributed by atoms with van der Waals surface area (Å²) in [5, 5.41) is 0.936. The zero-order chi connectivity index (χ0) is 20.8. The first kappa shape index (κ1) is 21.8. The number of rotatable bonds is 6. The van der Waals surface area contributed by atoms with Crippen LogP contribution in [0.5, 0.6) is 11.5 Å². The van der Waals surface area contributed by atoms with Gasteiger partial charge in [-0.15, -0.1) is 11.8 Å². The van der Waals surface area contributed by atoms with E-state index in [1.54, 1.807) is 41.8 Å². The predicted octanol–water partition coefficient (Wildman–Crippen LogP) is 4.71. The van der Waals surface area contributed by atoms with E-state index >= 15 is 0 Å². The van der Waals surface area contributed by atoms with Gasteiger partial charge in [0.1, 0.15) is 11.5 Å². The van der Waals surface area contributed by atoms with Crippen LogP contribution < -0.4 is 4.74 Å². The molecule has 1 fully saturated rings. The SMILES string of the molecule is CC(=O)N1CCN(C(=O)CSCc2ccc(Oc3ccc(Cl)c(Cl)c3)cc2)CC1. The Bertz CT molecular complexity index is 869. The van der Waals surface area contributed by atoms with Gasteiger partial charge in [-0.25, -0.2) is 0 Å². The predicted molar refractivity (Wildman–Crippen MR) is 118 cm³/mol. The maximum atomic E-state index is 12.3. The van der Waals surface area contributed by atoms with Gasteiger partial charge in [-0.05, 0) is 29.8 Å². The van der Waals surface area contributed by atoms with E-state index < -0.39 is 0 Å². The molecule has 0 unspecified atom stereocenters. The lowest BCUT2D eigenvalue weighted by Crippen LogP contribution is -2.50. The molecular weight excluding hydrogens is 431 g/mol. The zero-order valence-corrected chi connectivity index (χ0v) is 18.4. The Labute approximate surface area is 184 Å². The number of nitrogens with zero attached hydrogens (tertiary/aromatic N) is 2. The van der Waals surface area contributed by atoms with E-state index in [0.29, 0.717) is 53.5 Å². The molecule has 1 heterocycles. The fourth-order valence-corrected chi connectivity index (χ4v) is 4.12. The first-order valence-corrected chi connectivity index (χ1v) is 11.2. The summed E-state index contributed by atoms with van der Waals surface area (Å²) in [5.74, 6) is 2.69. The zero-order valence-electron chi connectivity index (χ0n) is 16.1. The third kappa shape index (κ3) is 6.29. The van der Waals surface area contributed by atoms with Gasteiger partial charge in [0.05, 0.1) is 15.8 Å². The van der Waals surface area contributed by atoms with Gasteiger partial charge < -0.3 is 14.5 Å². The number of amides is 2. The van der Waals surface area contributed by atoms with Gasteiger partial charge >= 0.3 is 0 Å². The van der Waals surface area contributed by atoms with Gasteiger partial charge in [-0.3, -0.25) is 9.59 Å². The van der Waals surface area contributed by atoms with E-state index in [2.05, 4.69) is 0 Å². The second-order valence-corrected chi connectivity index (χ2v) is 8.50. The van der Waals surface area contributed by atoms with Crippen molar-refractivity contribution in [2.45, 2.75) is 12.7 Å². The summed E-state index contributed by atoms with van der Waals surface area (Å²) in [6, 6.07) is 12.9. The van der Waals surface area contributed by atoms with Crippen LogP contribution >= 0.6 is 35.0 Å². The highest BCUT2D eigenvalue weighted by Gasteiger charge is 2.21. The smallest absolute Gasteiger partial charge is 0.232 e. The minimum absolute atomic E-state index is 0.0676. The fourth-order valence-electron chi connectivity index (χ4n) is 2.95. The Kier molecular flexibility index (Phi) is 7.70. The molecule has 0 bridgehead atoms. The second-order valence-electron chi connectivity index (χ2n) is 6.70. The molecular formula is C21H22Cl2N2O3S. The molecule has 2 aromatic rings. The largest absolute Gasteiger partial charge is 0.457 e. The van der Waals surface area contributed by atoms with Crippen LogP contribution in [0.2, 0.25) is 10.0 Å². The van der Waals surface area contributed by atoms with Gasteiger partial charge in [-0.1, -0.05) is 35.3 Å². The summed E-state index contributed by atoms with van der Waals surface area (Å²) in [5.41, 5.74) is 1.12. The Balaban J connectivity index is 1.42. The van der Waals surface area contributed by atoms with E-state index in [0.717, 1.165) is 11.3 Å². The maximum absolute atomic E-state index is 12.3. The van der Waals surface area contributed by atoms with Crippen LogP contribution in [0.1, 0.15) is 12.5 Å². The first-order chi connectivity index (χ1) is 13.9. The molecule has 5 nitrogen and oxygen atoms in total. The summed E-state index contributed by atoms with van der Waals surface area (Å²) in [6.45, 7) is 4.02. The lowest BCUT2D eigenvalue weighted by atomic mass is 10.2. The molecule has 0 aliphatic carbocycles. The molecule has 1 saturated heterocycles. The molecule has 154 valence electrons. The number of hydrogen-bond donors (Lipinski definition) is 0. The molecule has 0 atom stereocenters. The van der Waals surface area contributed by atoms with E-state index in [-0.39, 0.29) is 11.8 Å². The Hall–Kier alpha value is -1.89. The topological polar surface area (TPSA) is 49.9 Å². The summed E-state index contributed by atoms with van der Waals surface area (Å²) < 4.78 is 5.78. The molecule has 2 amide bonds. The summed E-state index contributed by atoms with van der Waals surface area (Å²) in [4.78, 5) is 27.3. The van der Waals surface area contributed by atoms with Crippen molar-refractivity contribution in [3.8, 4) is 11.5 Å². The van der Waals surface area contributed by atoms with Crippen LogP contribution in [0.15, 0.2) is 42.5 Å². The van der Waals surface area contributed by atoms with Crippen LogP contribution in [-0.4, -0.2) is 53.5 Å². The highest BCUT2D eigenvalue weighted by Crippen LogP contribution is 2.29. The van der Waals surface area contributed by atoms with Crippen LogP contribution in [0.3, 0.4) is 0 Å². The summed E-state index contributed by atoms with van der Waals surface area (Å²) >= 11 is 13.5. The molecule has 3 rings (SSSR count). The molecule has 2 aromatic carbocycles. The number of hydrogen-bond acceptors (Lipinski definition) is 4. The summed E-state index contributed by atoms with van der Waals surface area (Å²) in [7, 11) is 0. The monoisotopic (exact) mass is 452 g/mol. The van der Waals surface area contributed by atoms with Crippen molar-refractivity contribution >= 4 is 46.8 Å². The standard InChI is InChI=1S/C21H22Cl2N2O3S/c1-15(26)24-8-10-25(11-9-24)21(27)14-29-13-16-2-4-17(5-3-16)28-18-6-7-19(22)20(23)12-18/h2-7,12H,8-11,13-14H2,1H3. The van der Waals surface area contributed by atoms with Crippen molar-refractivity contribution in [2.75, 3.05) is 31.9 Å². The fraction of sp³-hybridized carbons (Fsp3) is 0.333. The van der Waals surface area contributed by atoms with E-state index in [1.807, 2.05) is 29.2 Å². The van der Waals surface area contributed by atoms with Gasteiger partial charge in [0.2, 0.25) is 11.8 Å². The van der Waals surface area contributed by atoms with Crippen LogP contribution in [0.4, 0.5) is 0 Å². The third-order valence-electron chi connectivity index (χ3n) is 4.62. The number of ether oxygens (including phenoxy) is 1. The maximum Gasteiger partial charge on any atom is 0.232 e. The van der Waals surface area contributed by atoms with E-state index in [4.69, 9.17) is 27.9 Å². The molecule has 1 aliphatic rings. The highest BCUT2D eigenvalue weighted by atomic mass is 35.5. The molecule has 0 saturated carbocycles. The normalized spacial score (nSPS) is 14.0. The number of carbonyl (C=O) groups is 2.